The molecule has 2 aromatic carbocycles. The van der Waals surface area contributed by atoms with E-state index >= 15 is 0 Å². The number of hydrogen-bond donors (Lipinski definition) is 1. The van der Waals surface area contributed by atoms with Gasteiger partial charge in [0.05, 0.1) is 11.8 Å². The molecule has 0 aliphatic heterocycles. The summed E-state index contributed by atoms with van der Waals surface area (Å²) in [5, 5.41) is 2.48. The van der Waals surface area contributed by atoms with Gasteiger partial charge in [-0.2, -0.15) is 13.2 Å². The van der Waals surface area contributed by atoms with Gasteiger partial charge >= 0.3 is 6.18 Å². The van der Waals surface area contributed by atoms with Crippen LogP contribution in [0.3, 0.4) is 0 Å². The molecule has 1 heterocycles. The van der Waals surface area contributed by atoms with E-state index < -0.39 is 17.6 Å². The van der Waals surface area contributed by atoms with Crippen LogP contribution in [0.2, 0.25) is 0 Å². The highest BCUT2D eigenvalue weighted by atomic mass is 19.4. The summed E-state index contributed by atoms with van der Waals surface area (Å²) in [6.45, 7) is 1.53. The number of halogens is 3. The SMILES string of the molecule is Cc1cc(NC(=O)c2cccc(Oc3cnccn3)c2)cc(C(F)(F)F)c1. The van der Waals surface area contributed by atoms with Crippen molar-refractivity contribution < 1.29 is 22.7 Å². The van der Waals surface area contributed by atoms with Crippen LogP contribution >= 0.6 is 0 Å². The normalized spacial score (nSPS) is 11.1. The van der Waals surface area contributed by atoms with Crippen molar-refractivity contribution in [3.05, 3.63) is 77.7 Å². The molecule has 3 rings (SSSR count). The van der Waals surface area contributed by atoms with Crippen molar-refractivity contribution in [1.29, 1.82) is 0 Å². The zero-order chi connectivity index (χ0) is 19.4. The van der Waals surface area contributed by atoms with Gasteiger partial charge in [0.15, 0.2) is 0 Å². The van der Waals surface area contributed by atoms with E-state index in [0.717, 1.165) is 12.1 Å². The summed E-state index contributed by atoms with van der Waals surface area (Å²) < 4.78 is 44.3. The van der Waals surface area contributed by atoms with Crippen LogP contribution in [0.25, 0.3) is 0 Å². The van der Waals surface area contributed by atoms with E-state index in [4.69, 9.17) is 4.74 Å². The Kier molecular flexibility index (Phi) is 5.07. The molecule has 0 spiro atoms. The molecule has 0 radical (unpaired) electrons. The van der Waals surface area contributed by atoms with Crippen LogP contribution in [0, 0.1) is 6.92 Å². The van der Waals surface area contributed by atoms with Crippen molar-refractivity contribution in [1.82, 2.24) is 9.97 Å². The van der Waals surface area contributed by atoms with Gasteiger partial charge in [-0.15, -0.1) is 0 Å². The second-order valence-corrected chi connectivity index (χ2v) is 5.71. The molecule has 0 fully saturated rings. The summed E-state index contributed by atoms with van der Waals surface area (Å²) in [7, 11) is 0. The van der Waals surface area contributed by atoms with Crippen LogP contribution < -0.4 is 10.1 Å². The van der Waals surface area contributed by atoms with E-state index in [2.05, 4.69) is 15.3 Å². The van der Waals surface area contributed by atoms with Gasteiger partial charge in [-0.05, 0) is 48.9 Å². The van der Waals surface area contributed by atoms with Gasteiger partial charge in [-0.3, -0.25) is 9.78 Å². The average Bonchev–Trinajstić information content (AvgIpc) is 2.61. The van der Waals surface area contributed by atoms with Crippen LogP contribution in [-0.4, -0.2) is 15.9 Å². The van der Waals surface area contributed by atoms with Gasteiger partial charge in [-0.1, -0.05) is 6.07 Å². The monoisotopic (exact) mass is 373 g/mol. The van der Waals surface area contributed by atoms with Crippen molar-refractivity contribution in [2.24, 2.45) is 0 Å². The molecule has 0 aliphatic rings. The second-order valence-electron chi connectivity index (χ2n) is 5.71. The van der Waals surface area contributed by atoms with Crippen LogP contribution in [0.15, 0.2) is 61.1 Å². The Morgan fingerprint density at radius 1 is 1.11 bits per heavy atom. The molecule has 0 aliphatic carbocycles. The van der Waals surface area contributed by atoms with Gasteiger partial charge in [-0.25, -0.2) is 4.98 Å². The van der Waals surface area contributed by atoms with E-state index in [1.165, 1.54) is 43.7 Å². The Hall–Kier alpha value is -3.42. The summed E-state index contributed by atoms with van der Waals surface area (Å²) in [6.07, 6.45) is -0.121. The predicted molar refractivity (Wildman–Crippen MR) is 92.7 cm³/mol. The third-order valence-corrected chi connectivity index (χ3v) is 3.52. The van der Waals surface area contributed by atoms with Crippen LogP contribution in [0.5, 0.6) is 11.6 Å². The second kappa shape index (κ2) is 7.45. The molecule has 0 atom stereocenters. The minimum atomic E-state index is -4.49. The first kappa shape index (κ1) is 18.4. The Morgan fingerprint density at radius 2 is 1.93 bits per heavy atom. The fourth-order valence-corrected chi connectivity index (χ4v) is 2.38. The third kappa shape index (κ3) is 4.81. The number of carbonyl (C=O) groups excluding carboxylic acids is 1. The molecule has 0 saturated carbocycles. The van der Waals surface area contributed by atoms with Gasteiger partial charge in [0.2, 0.25) is 5.88 Å². The maximum Gasteiger partial charge on any atom is 0.416 e. The maximum absolute atomic E-state index is 12.9. The van der Waals surface area contributed by atoms with Crippen molar-refractivity contribution in [2.75, 3.05) is 5.32 Å². The zero-order valence-electron chi connectivity index (χ0n) is 14.1. The fraction of sp³-hybridized carbons (Fsp3) is 0.105. The highest BCUT2D eigenvalue weighted by Crippen LogP contribution is 2.32. The highest BCUT2D eigenvalue weighted by Gasteiger charge is 2.31. The van der Waals surface area contributed by atoms with Crippen molar-refractivity contribution in [2.45, 2.75) is 13.1 Å². The van der Waals surface area contributed by atoms with Gasteiger partial charge < -0.3 is 10.1 Å². The number of hydrogen-bond acceptors (Lipinski definition) is 4. The molecule has 0 saturated heterocycles. The van der Waals surface area contributed by atoms with Crippen molar-refractivity contribution in [3.8, 4) is 11.6 Å². The molecule has 138 valence electrons. The Labute approximate surface area is 152 Å². The minimum absolute atomic E-state index is 0.0626. The molecule has 1 aromatic heterocycles. The van der Waals surface area contributed by atoms with Crippen LogP contribution in [-0.2, 0) is 6.18 Å². The minimum Gasteiger partial charge on any atom is -0.437 e. The first-order valence-electron chi connectivity index (χ1n) is 7.85. The number of nitrogens with zero attached hydrogens (tertiary/aromatic N) is 2. The molecule has 1 N–H and O–H groups in total. The van der Waals surface area contributed by atoms with Crippen LogP contribution in [0.4, 0.5) is 18.9 Å². The number of alkyl halides is 3. The lowest BCUT2D eigenvalue weighted by molar-refractivity contribution is -0.137. The fourth-order valence-electron chi connectivity index (χ4n) is 2.38. The number of aryl methyl sites for hydroxylation is 1. The summed E-state index contributed by atoms with van der Waals surface area (Å²) in [5.74, 6) is 0.0465. The number of rotatable bonds is 4. The first-order chi connectivity index (χ1) is 12.8. The number of anilines is 1. The summed E-state index contributed by atoms with van der Waals surface area (Å²) >= 11 is 0. The van der Waals surface area contributed by atoms with Crippen molar-refractivity contribution >= 4 is 11.6 Å². The quantitative estimate of drug-likeness (QED) is 0.710. The molecular formula is C19H14F3N3O2. The largest absolute Gasteiger partial charge is 0.437 e. The van der Waals surface area contributed by atoms with Gasteiger partial charge in [0.1, 0.15) is 5.75 Å². The molecular weight excluding hydrogens is 359 g/mol. The third-order valence-electron chi connectivity index (χ3n) is 3.52. The number of aromatic nitrogens is 2. The lowest BCUT2D eigenvalue weighted by atomic mass is 10.1. The van der Waals surface area contributed by atoms with Crippen molar-refractivity contribution in [3.63, 3.8) is 0 Å². The number of benzene rings is 2. The number of nitrogens with one attached hydrogen (secondary N) is 1. The summed E-state index contributed by atoms with van der Waals surface area (Å²) in [6, 6.07) is 9.59. The number of carbonyl (C=O) groups is 1. The van der Waals surface area contributed by atoms with E-state index in [1.54, 1.807) is 12.1 Å². The summed E-state index contributed by atoms with van der Waals surface area (Å²) in [5.41, 5.74) is -0.142. The standard InChI is InChI=1S/C19H14F3N3O2/c1-12-7-14(19(20,21)22)10-15(8-12)25-18(26)13-3-2-4-16(9-13)27-17-11-23-5-6-24-17/h2-11H,1H3,(H,25,26). The Balaban J connectivity index is 1.79. The molecule has 8 heteroatoms. The number of ether oxygens (including phenoxy) is 1. The lowest BCUT2D eigenvalue weighted by Gasteiger charge is -2.12. The lowest BCUT2D eigenvalue weighted by Crippen LogP contribution is -2.13. The van der Waals surface area contributed by atoms with Gasteiger partial charge in [0, 0.05) is 23.6 Å². The van der Waals surface area contributed by atoms with E-state index in [0.29, 0.717) is 11.3 Å². The van der Waals surface area contributed by atoms with E-state index in [9.17, 15) is 18.0 Å². The smallest absolute Gasteiger partial charge is 0.416 e. The molecule has 0 unspecified atom stereocenters. The molecule has 3 aromatic rings. The topological polar surface area (TPSA) is 64.1 Å². The molecule has 5 nitrogen and oxygen atoms in total. The molecule has 1 amide bonds. The average molecular weight is 373 g/mol. The first-order valence-corrected chi connectivity index (χ1v) is 7.85. The van der Waals surface area contributed by atoms with Gasteiger partial charge in [0.25, 0.3) is 5.91 Å². The molecule has 0 bridgehead atoms. The highest BCUT2D eigenvalue weighted by molar-refractivity contribution is 6.04. The van der Waals surface area contributed by atoms with E-state index in [-0.39, 0.29) is 17.1 Å². The van der Waals surface area contributed by atoms with Crippen LogP contribution in [0.1, 0.15) is 21.5 Å². The van der Waals surface area contributed by atoms with E-state index in [1.807, 2.05) is 0 Å². The Bertz CT molecular complexity index is 960. The molecule has 27 heavy (non-hydrogen) atoms. The Morgan fingerprint density at radius 3 is 2.63 bits per heavy atom. The number of amides is 1. The maximum atomic E-state index is 12.9. The predicted octanol–water partition coefficient (Wildman–Crippen LogP) is 4.85. The summed E-state index contributed by atoms with van der Waals surface area (Å²) in [4.78, 5) is 20.3. The zero-order valence-corrected chi connectivity index (χ0v) is 14.1.